The number of nitrogens with one attached hydrogen (secondary N) is 1. The molecule has 2 heterocycles. The van der Waals surface area contributed by atoms with Crippen molar-refractivity contribution in [3.8, 4) is 11.1 Å². The van der Waals surface area contributed by atoms with E-state index in [1.807, 2.05) is 0 Å². The first-order valence-electron chi connectivity index (χ1n) is 10.5. The topological polar surface area (TPSA) is 45.5 Å². The lowest BCUT2D eigenvalue weighted by Gasteiger charge is -2.19. The molecule has 2 aromatic heterocycles. The monoisotopic (exact) mass is 413 g/mol. The average molecular weight is 414 g/mol. The van der Waals surface area contributed by atoms with Crippen molar-refractivity contribution < 1.29 is 0 Å². The van der Waals surface area contributed by atoms with E-state index in [9.17, 15) is 0 Å². The highest BCUT2D eigenvalue weighted by atomic mass is 35.5. The second-order valence-corrected chi connectivity index (χ2v) is 8.03. The number of nitrogens with zero attached hydrogens (tertiary/aromatic N) is 4. The van der Waals surface area contributed by atoms with Gasteiger partial charge in [-0.2, -0.15) is 9.61 Å². The minimum atomic E-state index is 0. The molecule has 0 spiro atoms. The zero-order valence-electron chi connectivity index (χ0n) is 18.1. The van der Waals surface area contributed by atoms with Crippen LogP contribution < -0.4 is 10.2 Å². The van der Waals surface area contributed by atoms with E-state index in [2.05, 4.69) is 73.9 Å². The molecule has 1 aromatic carbocycles. The van der Waals surface area contributed by atoms with Gasteiger partial charge in [0.1, 0.15) is 5.82 Å². The fourth-order valence-electron chi connectivity index (χ4n) is 4.23. The van der Waals surface area contributed by atoms with Crippen molar-refractivity contribution in [1.82, 2.24) is 14.6 Å². The standard InChI is InChI=1S/C23H31N5.ClH/c1-6-17(7-2)24-22-19-9-8-10-20(19)25-23-21(15(3)26-28(22)23)16-11-13-18(14-12-16)27(4)5;/h11-14,17,24H,6-10H2,1-5H3;1H. The molecule has 0 amide bonds. The summed E-state index contributed by atoms with van der Waals surface area (Å²) in [4.78, 5) is 7.20. The summed E-state index contributed by atoms with van der Waals surface area (Å²) in [5.41, 5.74) is 8.13. The molecule has 29 heavy (non-hydrogen) atoms. The molecule has 0 radical (unpaired) electrons. The minimum Gasteiger partial charge on any atom is -0.378 e. The van der Waals surface area contributed by atoms with Crippen LogP contribution in [-0.2, 0) is 12.8 Å². The second-order valence-electron chi connectivity index (χ2n) is 8.03. The zero-order chi connectivity index (χ0) is 19.8. The number of anilines is 2. The summed E-state index contributed by atoms with van der Waals surface area (Å²) in [7, 11) is 4.13. The molecule has 0 unspecified atom stereocenters. The van der Waals surface area contributed by atoms with Gasteiger partial charge in [0, 0.05) is 42.6 Å². The maximum atomic E-state index is 5.08. The van der Waals surface area contributed by atoms with E-state index in [-0.39, 0.29) is 12.4 Å². The smallest absolute Gasteiger partial charge is 0.165 e. The van der Waals surface area contributed by atoms with Crippen LogP contribution in [0.1, 0.15) is 50.1 Å². The summed E-state index contributed by atoms with van der Waals surface area (Å²) >= 11 is 0. The lowest BCUT2D eigenvalue weighted by molar-refractivity contribution is 0.661. The maximum Gasteiger partial charge on any atom is 0.165 e. The van der Waals surface area contributed by atoms with Crippen LogP contribution in [0.3, 0.4) is 0 Å². The normalized spacial score (nSPS) is 12.9. The Kier molecular flexibility index (Phi) is 6.37. The lowest BCUT2D eigenvalue weighted by Crippen LogP contribution is -2.21. The van der Waals surface area contributed by atoms with Crippen LogP contribution in [-0.4, -0.2) is 34.7 Å². The predicted octanol–water partition coefficient (Wildman–Crippen LogP) is 5.28. The van der Waals surface area contributed by atoms with Gasteiger partial charge >= 0.3 is 0 Å². The van der Waals surface area contributed by atoms with Gasteiger partial charge in [0.2, 0.25) is 0 Å². The van der Waals surface area contributed by atoms with Crippen molar-refractivity contribution in [3.05, 3.63) is 41.2 Å². The number of hydrogen-bond acceptors (Lipinski definition) is 4. The SMILES string of the molecule is CCC(CC)Nc1c2c(nc3c(-c4ccc(N(C)C)cc4)c(C)nn13)CCC2.Cl. The molecule has 6 heteroatoms. The van der Waals surface area contributed by atoms with Crippen LogP contribution in [0.15, 0.2) is 24.3 Å². The van der Waals surface area contributed by atoms with Crippen molar-refractivity contribution in [1.29, 1.82) is 0 Å². The Hall–Kier alpha value is -2.27. The Morgan fingerprint density at radius 2 is 1.79 bits per heavy atom. The molecule has 1 aliphatic rings. The highest BCUT2D eigenvalue weighted by molar-refractivity contribution is 5.85. The van der Waals surface area contributed by atoms with Crippen LogP contribution in [0.4, 0.5) is 11.5 Å². The fraction of sp³-hybridized carbons (Fsp3) is 0.478. The van der Waals surface area contributed by atoms with Crippen LogP contribution in [0.2, 0.25) is 0 Å². The van der Waals surface area contributed by atoms with Crippen molar-refractivity contribution in [2.75, 3.05) is 24.3 Å². The number of rotatable bonds is 6. The summed E-state index contributed by atoms with van der Waals surface area (Å²) < 4.78 is 2.06. The Labute approximate surface area is 179 Å². The van der Waals surface area contributed by atoms with Gasteiger partial charge in [-0.15, -0.1) is 12.4 Å². The molecule has 4 rings (SSSR count). The van der Waals surface area contributed by atoms with Crippen LogP contribution in [0, 0.1) is 6.92 Å². The summed E-state index contributed by atoms with van der Waals surface area (Å²) in [5.74, 6) is 1.16. The number of fused-ring (bicyclic) bond motifs is 2. The van der Waals surface area contributed by atoms with Crippen LogP contribution >= 0.6 is 12.4 Å². The van der Waals surface area contributed by atoms with Crippen molar-refractivity contribution >= 4 is 29.6 Å². The summed E-state index contributed by atoms with van der Waals surface area (Å²) in [6.45, 7) is 6.58. The molecule has 0 fully saturated rings. The van der Waals surface area contributed by atoms with E-state index in [0.29, 0.717) is 6.04 Å². The van der Waals surface area contributed by atoms with Crippen molar-refractivity contribution in [2.45, 2.75) is 58.9 Å². The summed E-state index contributed by atoms with van der Waals surface area (Å²) in [6.07, 6.45) is 5.54. The fourth-order valence-corrected chi connectivity index (χ4v) is 4.23. The van der Waals surface area contributed by atoms with Gasteiger partial charge < -0.3 is 10.2 Å². The Bertz CT molecular complexity index is 987. The highest BCUT2D eigenvalue weighted by Crippen LogP contribution is 2.35. The van der Waals surface area contributed by atoms with E-state index in [0.717, 1.165) is 48.4 Å². The Morgan fingerprint density at radius 3 is 2.41 bits per heavy atom. The quantitative estimate of drug-likeness (QED) is 0.597. The molecule has 1 aliphatic carbocycles. The zero-order valence-corrected chi connectivity index (χ0v) is 18.9. The van der Waals surface area contributed by atoms with E-state index in [1.54, 1.807) is 0 Å². The van der Waals surface area contributed by atoms with Crippen LogP contribution in [0.5, 0.6) is 0 Å². The van der Waals surface area contributed by atoms with E-state index in [4.69, 9.17) is 10.1 Å². The molecule has 0 bridgehead atoms. The van der Waals surface area contributed by atoms with Gasteiger partial charge in [0.15, 0.2) is 5.65 Å². The highest BCUT2D eigenvalue weighted by Gasteiger charge is 2.25. The first kappa shape index (κ1) is 21.4. The third kappa shape index (κ3) is 3.80. The third-order valence-corrected chi connectivity index (χ3v) is 5.96. The number of halogens is 1. The second kappa shape index (κ2) is 8.62. The molecule has 0 saturated heterocycles. The van der Waals surface area contributed by atoms with E-state index in [1.165, 1.54) is 28.9 Å². The average Bonchev–Trinajstić information content (AvgIpc) is 3.29. The van der Waals surface area contributed by atoms with Gasteiger partial charge in [0.25, 0.3) is 0 Å². The Morgan fingerprint density at radius 1 is 1.10 bits per heavy atom. The van der Waals surface area contributed by atoms with Gasteiger partial charge in [-0.05, 0) is 56.7 Å². The Balaban J connectivity index is 0.00000240. The first-order valence-corrected chi connectivity index (χ1v) is 10.5. The maximum absolute atomic E-state index is 5.08. The number of benzene rings is 1. The molecule has 156 valence electrons. The summed E-state index contributed by atoms with van der Waals surface area (Å²) in [5, 5.41) is 8.72. The molecule has 0 atom stereocenters. The molecular weight excluding hydrogens is 382 g/mol. The van der Waals surface area contributed by atoms with E-state index >= 15 is 0 Å². The number of aryl methyl sites for hydroxylation is 2. The van der Waals surface area contributed by atoms with Gasteiger partial charge in [-0.1, -0.05) is 26.0 Å². The lowest BCUT2D eigenvalue weighted by atomic mass is 10.1. The molecule has 0 saturated carbocycles. The number of aromatic nitrogens is 3. The van der Waals surface area contributed by atoms with Gasteiger partial charge in [0.05, 0.1) is 5.69 Å². The number of hydrogen-bond donors (Lipinski definition) is 1. The van der Waals surface area contributed by atoms with E-state index < -0.39 is 0 Å². The molecule has 1 N–H and O–H groups in total. The van der Waals surface area contributed by atoms with Gasteiger partial charge in [-0.3, -0.25) is 0 Å². The molecule has 5 nitrogen and oxygen atoms in total. The van der Waals surface area contributed by atoms with Crippen molar-refractivity contribution in [2.24, 2.45) is 0 Å². The molecule has 3 aromatic rings. The van der Waals surface area contributed by atoms with Crippen molar-refractivity contribution in [3.63, 3.8) is 0 Å². The van der Waals surface area contributed by atoms with Gasteiger partial charge in [-0.25, -0.2) is 4.98 Å². The summed E-state index contributed by atoms with van der Waals surface area (Å²) in [6, 6.07) is 9.15. The molecule has 0 aliphatic heterocycles. The van der Waals surface area contributed by atoms with Crippen LogP contribution in [0.25, 0.3) is 16.8 Å². The molecular formula is C23H32ClN5. The minimum absolute atomic E-state index is 0. The predicted molar refractivity (Wildman–Crippen MR) is 125 cm³/mol. The largest absolute Gasteiger partial charge is 0.378 e. The third-order valence-electron chi connectivity index (χ3n) is 5.96. The first-order chi connectivity index (χ1) is 13.5.